The van der Waals surface area contributed by atoms with Gasteiger partial charge in [-0.25, -0.2) is 8.42 Å². The number of nitrogens with one attached hydrogen (secondary N) is 2. The summed E-state index contributed by atoms with van der Waals surface area (Å²) in [6, 6.07) is 16.3. The molecule has 2 N–H and O–H groups in total. The van der Waals surface area contributed by atoms with Gasteiger partial charge in [-0.1, -0.05) is 42.5 Å². The minimum absolute atomic E-state index is 0.175. The maximum atomic E-state index is 13.0. The lowest BCUT2D eigenvalue weighted by Crippen LogP contribution is -2.42. The molecular formula is C20H20N2O4S3. The summed E-state index contributed by atoms with van der Waals surface area (Å²) in [7, 11) is -3.67. The molecule has 1 atom stereocenters. The molecule has 2 amide bonds. The summed E-state index contributed by atoms with van der Waals surface area (Å²) in [6.45, 7) is 0.143. The molecule has 0 radical (unpaired) electrons. The van der Waals surface area contributed by atoms with Crippen molar-refractivity contribution in [2.45, 2.75) is 15.9 Å². The number of amides is 2. The molecule has 6 nitrogen and oxygen atoms in total. The topological polar surface area (TPSA) is 92.3 Å². The zero-order chi connectivity index (χ0) is 20.7. The highest BCUT2D eigenvalue weighted by Crippen LogP contribution is 2.33. The van der Waals surface area contributed by atoms with Crippen molar-refractivity contribution in [2.75, 3.05) is 13.1 Å². The fourth-order valence-electron chi connectivity index (χ4n) is 2.71. The van der Waals surface area contributed by atoms with Crippen molar-refractivity contribution in [3.63, 3.8) is 0 Å². The third-order valence-corrected chi connectivity index (χ3v) is 8.86. The average molecular weight is 449 g/mol. The Labute approximate surface area is 177 Å². The Hall–Kier alpha value is -2.49. The predicted octanol–water partition coefficient (Wildman–Crippen LogP) is 2.80. The quantitative estimate of drug-likeness (QED) is 0.519. The van der Waals surface area contributed by atoms with Gasteiger partial charge >= 0.3 is 11.8 Å². The molecule has 0 fully saturated rings. The maximum absolute atomic E-state index is 13.0. The number of carbonyl (C=O) groups excluding carboxylic acids is 2. The fraction of sp³-hybridized carbons (Fsp3) is 0.200. The molecule has 0 aliphatic carbocycles. The predicted molar refractivity (Wildman–Crippen MR) is 115 cm³/mol. The first-order valence-corrected chi connectivity index (χ1v) is 12.2. The number of carbonyl (C=O) groups is 2. The van der Waals surface area contributed by atoms with Crippen LogP contribution in [0.2, 0.25) is 0 Å². The van der Waals surface area contributed by atoms with E-state index in [0.717, 1.165) is 16.9 Å². The van der Waals surface area contributed by atoms with Gasteiger partial charge in [-0.05, 0) is 34.9 Å². The van der Waals surface area contributed by atoms with Crippen molar-refractivity contribution >= 4 is 44.3 Å². The van der Waals surface area contributed by atoms with Crippen LogP contribution < -0.4 is 10.6 Å². The Morgan fingerprint density at radius 1 is 0.862 bits per heavy atom. The highest BCUT2D eigenvalue weighted by Gasteiger charge is 2.31. The molecule has 3 rings (SSSR count). The van der Waals surface area contributed by atoms with Crippen LogP contribution in [0.1, 0.15) is 15.7 Å². The zero-order valence-electron chi connectivity index (χ0n) is 15.4. The third-order valence-electron chi connectivity index (χ3n) is 4.21. The van der Waals surface area contributed by atoms with Crippen LogP contribution in [0, 0.1) is 0 Å². The first-order valence-electron chi connectivity index (χ1n) is 8.89. The van der Waals surface area contributed by atoms with Gasteiger partial charge in [-0.2, -0.15) is 0 Å². The van der Waals surface area contributed by atoms with E-state index in [1.165, 1.54) is 11.3 Å². The molecule has 0 saturated heterocycles. The van der Waals surface area contributed by atoms with Crippen molar-refractivity contribution in [3.8, 4) is 0 Å². The molecule has 0 bridgehead atoms. The first-order chi connectivity index (χ1) is 14.0. The highest BCUT2D eigenvalue weighted by molar-refractivity contribution is 7.93. The lowest BCUT2D eigenvalue weighted by atomic mass is 10.1. The molecule has 2 aromatic heterocycles. The summed E-state index contributed by atoms with van der Waals surface area (Å²) in [5.41, 5.74) is 1.05. The van der Waals surface area contributed by atoms with E-state index >= 15 is 0 Å². The van der Waals surface area contributed by atoms with Crippen molar-refractivity contribution in [2.24, 2.45) is 0 Å². The van der Waals surface area contributed by atoms with Crippen LogP contribution in [-0.4, -0.2) is 33.3 Å². The molecule has 152 valence electrons. The number of rotatable bonds is 8. The summed E-state index contributed by atoms with van der Waals surface area (Å²) >= 11 is 2.43. The monoisotopic (exact) mass is 448 g/mol. The van der Waals surface area contributed by atoms with Gasteiger partial charge in [0, 0.05) is 18.0 Å². The fourth-order valence-corrected chi connectivity index (χ4v) is 6.70. The third kappa shape index (κ3) is 5.53. The van der Waals surface area contributed by atoms with Crippen LogP contribution in [-0.2, 0) is 25.8 Å². The minimum atomic E-state index is -3.67. The summed E-state index contributed by atoms with van der Waals surface area (Å²) in [5, 5.41) is 7.56. The summed E-state index contributed by atoms with van der Waals surface area (Å²) in [4.78, 5) is 24.8. The lowest BCUT2D eigenvalue weighted by Gasteiger charge is -2.16. The van der Waals surface area contributed by atoms with E-state index in [2.05, 4.69) is 10.6 Å². The number of thiophene rings is 2. The Bertz CT molecular complexity index is 1030. The Morgan fingerprint density at radius 2 is 1.55 bits per heavy atom. The molecule has 0 unspecified atom stereocenters. The normalized spacial score (nSPS) is 12.3. The zero-order valence-corrected chi connectivity index (χ0v) is 17.9. The molecule has 9 heteroatoms. The van der Waals surface area contributed by atoms with Crippen LogP contribution in [0.15, 0.2) is 69.6 Å². The van der Waals surface area contributed by atoms with Gasteiger partial charge in [0.2, 0.25) is 0 Å². The van der Waals surface area contributed by atoms with Crippen LogP contribution in [0.25, 0.3) is 0 Å². The van der Waals surface area contributed by atoms with E-state index in [4.69, 9.17) is 0 Å². The van der Waals surface area contributed by atoms with Gasteiger partial charge in [-0.15, -0.1) is 22.7 Å². The molecule has 0 aliphatic rings. The average Bonchev–Trinajstić information content (AvgIpc) is 3.43. The SMILES string of the molecule is O=C(NCCc1ccccc1)C(=O)NC[C@H](c1cccs1)S(=O)(=O)c1cccs1. The lowest BCUT2D eigenvalue weighted by molar-refractivity contribution is -0.139. The van der Waals surface area contributed by atoms with Crippen molar-refractivity contribution < 1.29 is 18.0 Å². The number of sulfone groups is 1. The van der Waals surface area contributed by atoms with E-state index in [1.54, 1.807) is 35.0 Å². The number of hydrogen-bond acceptors (Lipinski definition) is 6. The molecule has 0 aliphatic heterocycles. The van der Waals surface area contributed by atoms with Crippen molar-refractivity contribution in [1.29, 1.82) is 0 Å². The van der Waals surface area contributed by atoms with E-state index in [-0.39, 0.29) is 10.8 Å². The highest BCUT2D eigenvalue weighted by atomic mass is 32.2. The van der Waals surface area contributed by atoms with Crippen LogP contribution in [0.3, 0.4) is 0 Å². The van der Waals surface area contributed by atoms with Gasteiger partial charge < -0.3 is 10.6 Å². The molecule has 2 heterocycles. The molecule has 3 aromatic rings. The standard InChI is InChI=1S/C20H20N2O4S3/c23-19(21-11-10-15-6-2-1-3-7-15)20(24)22-14-17(16-8-4-12-27-16)29(25,26)18-9-5-13-28-18/h1-9,12-13,17H,10-11,14H2,(H,21,23)(H,22,24)/t17-/m1/s1. The van der Waals surface area contributed by atoms with Crippen LogP contribution >= 0.6 is 22.7 Å². The minimum Gasteiger partial charge on any atom is -0.348 e. The van der Waals surface area contributed by atoms with Gasteiger partial charge in [0.15, 0.2) is 9.84 Å². The summed E-state index contributed by atoms with van der Waals surface area (Å²) in [5.74, 6) is -1.62. The summed E-state index contributed by atoms with van der Waals surface area (Å²) in [6.07, 6.45) is 0.602. The van der Waals surface area contributed by atoms with E-state index < -0.39 is 26.9 Å². The van der Waals surface area contributed by atoms with Crippen molar-refractivity contribution in [3.05, 3.63) is 75.8 Å². The number of hydrogen-bond donors (Lipinski definition) is 2. The second-order valence-corrected chi connectivity index (χ2v) is 10.5. The molecule has 0 spiro atoms. The molecule has 1 aromatic carbocycles. The maximum Gasteiger partial charge on any atom is 0.309 e. The number of benzene rings is 1. The van der Waals surface area contributed by atoms with Gasteiger partial charge in [0.25, 0.3) is 0 Å². The van der Waals surface area contributed by atoms with Gasteiger partial charge in [0.1, 0.15) is 9.46 Å². The van der Waals surface area contributed by atoms with E-state index in [0.29, 0.717) is 17.8 Å². The van der Waals surface area contributed by atoms with E-state index in [9.17, 15) is 18.0 Å². The van der Waals surface area contributed by atoms with Crippen LogP contribution in [0.4, 0.5) is 0 Å². The van der Waals surface area contributed by atoms with Crippen LogP contribution in [0.5, 0.6) is 0 Å². The second kappa shape index (κ2) is 9.82. The van der Waals surface area contributed by atoms with Crippen molar-refractivity contribution in [1.82, 2.24) is 10.6 Å². The molecular weight excluding hydrogens is 428 g/mol. The Morgan fingerprint density at radius 3 is 2.21 bits per heavy atom. The largest absolute Gasteiger partial charge is 0.348 e. The van der Waals surface area contributed by atoms with Gasteiger partial charge in [0.05, 0.1) is 0 Å². The second-order valence-electron chi connectivity index (χ2n) is 6.18. The molecule has 0 saturated carbocycles. The first kappa shape index (κ1) is 21.2. The Balaban J connectivity index is 1.59. The molecule has 29 heavy (non-hydrogen) atoms. The Kier molecular flexibility index (Phi) is 7.18. The van der Waals surface area contributed by atoms with E-state index in [1.807, 2.05) is 30.3 Å². The summed E-state index contributed by atoms with van der Waals surface area (Å²) < 4.78 is 26.2. The van der Waals surface area contributed by atoms with Gasteiger partial charge in [-0.3, -0.25) is 9.59 Å². The smallest absolute Gasteiger partial charge is 0.309 e.